The summed E-state index contributed by atoms with van der Waals surface area (Å²) in [4.78, 5) is 11.9. The Balaban J connectivity index is 2.00. The molecule has 0 spiro atoms. The number of nitrogens with one attached hydrogen (secondary N) is 1. The van der Waals surface area contributed by atoms with Gasteiger partial charge in [-0.05, 0) is 54.8 Å². The van der Waals surface area contributed by atoms with Gasteiger partial charge in [0, 0.05) is 5.69 Å². The van der Waals surface area contributed by atoms with E-state index in [2.05, 4.69) is 5.32 Å². The summed E-state index contributed by atoms with van der Waals surface area (Å²) in [5, 5.41) is 2.58. The minimum Gasteiger partial charge on any atom is -0.325 e. The maximum atomic E-state index is 12.8. The summed E-state index contributed by atoms with van der Waals surface area (Å²) < 4.78 is 36.9. The van der Waals surface area contributed by atoms with Crippen molar-refractivity contribution in [3.05, 3.63) is 65.0 Å². The van der Waals surface area contributed by atoms with E-state index in [4.69, 9.17) is 0 Å². The number of carbonyl (C=O) groups is 1. The zero-order valence-electron chi connectivity index (χ0n) is 13.0. The zero-order valence-corrected chi connectivity index (χ0v) is 13.8. The van der Waals surface area contributed by atoms with Crippen LogP contribution in [0.25, 0.3) is 0 Å². The van der Waals surface area contributed by atoms with Gasteiger partial charge in [0.25, 0.3) is 0 Å². The Morgan fingerprint density at radius 3 is 2.30 bits per heavy atom. The largest absolute Gasteiger partial charge is 0.325 e. The van der Waals surface area contributed by atoms with Crippen LogP contribution in [0.1, 0.15) is 16.7 Å². The summed E-state index contributed by atoms with van der Waals surface area (Å²) in [5.41, 5.74) is 3.12. The van der Waals surface area contributed by atoms with Gasteiger partial charge in [-0.1, -0.05) is 18.2 Å². The summed E-state index contributed by atoms with van der Waals surface area (Å²) in [7, 11) is -3.62. The van der Waals surface area contributed by atoms with Gasteiger partial charge in [0.05, 0.1) is 5.75 Å². The van der Waals surface area contributed by atoms with Crippen molar-refractivity contribution in [3.63, 3.8) is 0 Å². The summed E-state index contributed by atoms with van der Waals surface area (Å²) >= 11 is 0. The highest BCUT2D eigenvalue weighted by Gasteiger charge is 2.17. The van der Waals surface area contributed by atoms with Crippen LogP contribution in [0.2, 0.25) is 0 Å². The molecule has 0 aromatic heterocycles. The number of benzene rings is 2. The second kappa shape index (κ2) is 6.91. The zero-order chi connectivity index (χ0) is 17.0. The lowest BCUT2D eigenvalue weighted by atomic mass is 10.1. The molecule has 4 nitrogen and oxygen atoms in total. The fourth-order valence-electron chi connectivity index (χ4n) is 2.10. The topological polar surface area (TPSA) is 63.2 Å². The van der Waals surface area contributed by atoms with Crippen LogP contribution >= 0.6 is 0 Å². The van der Waals surface area contributed by atoms with Gasteiger partial charge in [0.1, 0.15) is 11.6 Å². The fraction of sp³-hybridized carbons (Fsp3) is 0.235. The number of rotatable bonds is 5. The molecule has 2 rings (SSSR count). The normalized spacial score (nSPS) is 11.3. The highest BCUT2D eigenvalue weighted by atomic mass is 32.2. The number of hydrogen-bond donors (Lipinski definition) is 1. The molecule has 0 saturated heterocycles. The van der Waals surface area contributed by atoms with Crippen molar-refractivity contribution in [3.8, 4) is 0 Å². The van der Waals surface area contributed by atoms with E-state index in [1.54, 1.807) is 12.1 Å². The summed E-state index contributed by atoms with van der Waals surface area (Å²) in [5.74, 6) is -1.93. The lowest BCUT2D eigenvalue weighted by Crippen LogP contribution is -2.24. The van der Waals surface area contributed by atoms with Crippen molar-refractivity contribution in [2.75, 3.05) is 11.1 Å². The van der Waals surface area contributed by atoms with Gasteiger partial charge >= 0.3 is 0 Å². The van der Waals surface area contributed by atoms with Crippen LogP contribution in [0, 0.1) is 19.7 Å². The Hall–Kier alpha value is -2.21. The SMILES string of the molecule is Cc1ccc(NC(=O)CS(=O)(=O)Cc2ccc(F)cc2)cc1C. The molecule has 1 amide bonds. The lowest BCUT2D eigenvalue weighted by Gasteiger charge is -2.08. The van der Waals surface area contributed by atoms with E-state index in [0.717, 1.165) is 11.1 Å². The Labute approximate surface area is 135 Å². The molecule has 0 saturated carbocycles. The number of amides is 1. The molecular weight excluding hydrogens is 317 g/mol. The van der Waals surface area contributed by atoms with Crippen LogP contribution < -0.4 is 5.32 Å². The summed E-state index contributed by atoms with van der Waals surface area (Å²) in [6.45, 7) is 3.87. The Morgan fingerprint density at radius 1 is 1.04 bits per heavy atom. The van der Waals surface area contributed by atoms with Gasteiger partial charge in [0.15, 0.2) is 9.84 Å². The number of anilines is 1. The molecule has 0 aliphatic heterocycles. The standard InChI is InChI=1S/C17H18FNO3S/c1-12-3-8-16(9-13(12)2)19-17(20)11-23(21,22)10-14-4-6-15(18)7-5-14/h3-9H,10-11H2,1-2H3,(H,19,20). The Bertz CT molecular complexity index is 814. The summed E-state index contributed by atoms with van der Waals surface area (Å²) in [6, 6.07) is 10.6. The molecule has 0 unspecified atom stereocenters. The molecule has 2 aromatic carbocycles. The quantitative estimate of drug-likeness (QED) is 0.913. The smallest absolute Gasteiger partial charge is 0.239 e. The molecule has 0 fully saturated rings. The first-order chi connectivity index (χ1) is 10.7. The molecule has 6 heteroatoms. The number of halogens is 1. The predicted octanol–water partition coefficient (Wildman–Crippen LogP) is 3.00. The number of sulfone groups is 1. The molecule has 0 aliphatic rings. The summed E-state index contributed by atoms with van der Waals surface area (Å²) in [6.07, 6.45) is 0. The molecule has 0 aliphatic carbocycles. The first-order valence-electron chi connectivity index (χ1n) is 7.07. The van der Waals surface area contributed by atoms with Crippen LogP contribution in [0.3, 0.4) is 0 Å². The third-order valence-electron chi connectivity index (χ3n) is 3.44. The fourth-order valence-corrected chi connectivity index (χ4v) is 3.38. The average molecular weight is 335 g/mol. The lowest BCUT2D eigenvalue weighted by molar-refractivity contribution is -0.113. The Morgan fingerprint density at radius 2 is 1.70 bits per heavy atom. The second-order valence-electron chi connectivity index (χ2n) is 5.51. The van der Waals surface area contributed by atoms with E-state index in [-0.39, 0.29) is 5.75 Å². The van der Waals surface area contributed by atoms with E-state index in [0.29, 0.717) is 11.3 Å². The first-order valence-corrected chi connectivity index (χ1v) is 8.89. The molecule has 0 radical (unpaired) electrons. The van der Waals surface area contributed by atoms with Crippen molar-refractivity contribution in [2.45, 2.75) is 19.6 Å². The molecule has 0 bridgehead atoms. The molecule has 1 N–H and O–H groups in total. The molecule has 122 valence electrons. The van der Waals surface area contributed by atoms with Crippen molar-refractivity contribution < 1.29 is 17.6 Å². The van der Waals surface area contributed by atoms with Crippen LogP contribution in [-0.4, -0.2) is 20.1 Å². The van der Waals surface area contributed by atoms with Gasteiger partial charge in [-0.15, -0.1) is 0 Å². The number of hydrogen-bond acceptors (Lipinski definition) is 3. The third-order valence-corrected chi connectivity index (χ3v) is 4.92. The number of carbonyl (C=O) groups excluding carboxylic acids is 1. The molecule has 0 heterocycles. The van der Waals surface area contributed by atoms with Gasteiger partial charge < -0.3 is 5.32 Å². The van der Waals surface area contributed by atoms with Crippen molar-refractivity contribution in [2.24, 2.45) is 0 Å². The average Bonchev–Trinajstić information content (AvgIpc) is 2.44. The van der Waals surface area contributed by atoms with E-state index in [1.165, 1.54) is 24.3 Å². The maximum absolute atomic E-state index is 12.8. The Kier molecular flexibility index (Phi) is 5.15. The van der Waals surface area contributed by atoms with Gasteiger partial charge in [-0.3, -0.25) is 4.79 Å². The van der Waals surface area contributed by atoms with Crippen molar-refractivity contribution in [1.29, 1.82) is 0 Å². The number of aryl methyl sites for hydroxylation is 2. The molecule has 23 heavy (non-hydrogen) atoms. The minimum atomic E-state index is -3.62. The maximum Gasteiger partial charge on any atom is 0.239 e. The third kappa shape index (κ3) is 5.17. The van der Waals surface area contributed by atoms with E-state index < -0.39 is 27.3 Å². The monoisotopic (exact) mass is 335 g/mol. The first kappa shape index (κ1) is 17.1. The molecular formula is C17H18FNO3S. The van der Waals surface area contributed by atoms with Crippen LogP contribution in [0.15, 0.2) is 42.5 Å². The minimum absolute atomic E-state index is 0.298. The van der Waals surface area contributed by atoms with Crippen LogP contribution in [0.4, 0.5) is 10.1 Å². The highest BCUT2D eigenvalue weighted by Crippen LogP contribution is 2.14. The van der Waals surface area contributed by atoms with E-state index in [9.17, 15) is 17.6 Å². The van der Waals surface area contributed by atoms with Crippen molar-refractivity contribution in [1.82, 2.24) is 0 Å². The molecule has 2 aromatic rings. The van der Waals surface area contributed by atoms with Gasteiger partial charge in [-0.2, -0.15) is 0 Å². The predicted molar refractivity (Wildman–Crippen MR) is 88.4 cm³/mol. The van der Waals surface area contributed by atoms with E-state index >= 15 is 0 Å². The second-order valence-corrected chi connectivity index (χ2v) is 7.57. The van der Waals surface area contributed by atoms with Gasteiger partial charge in [-0.25, -0.2) is 12.8 Å². The molecule has 0 atom stereocenters. The highest BCUT2D eigenvalue weighted by molar-refractivity contribution is 7.91. The van der Waals surface area contributed by atoms with Crippen molar-refractivity contribution >= 4 is 21.4 Å². The van der Waals surface area contributed by atoms with Crippen LogP contribution in [-0.2, 0) is 20.4 Å². The van der Waals surface area contributed by atoms with Gasteiger partial charge in [0.2, 0.25) is 5.91 Å². The van der Waals surface area contributed by atoms with Crippen LogP contribution in [0.5, 0.6) is 0 Å². The van der Waals surface area contributed by atoms with E-state index in [1.807, 2.05) is 19.9 Å².